The first-order valence-corrected chi connectivity index (χ1v) is 11.5. The number of piperazine rings is 1. The molecule has 1 saturated heterocycles. The molecule has 1 aromatic heterocycles. The van der Waals surface area contributed by atoms with E-state index in [9.17, 15) is 9.59 Å². The molecule has 1 N–H and O–H groups in total. The lowest BCUT2D eigenvalue weighted by Gasteiger charge is -2.35. The molecule has 4 rings (SSSR count). The van der Waals surface area contributed by atoms with Crippen molar-refractivity contribution in [1.82, 2.24) is 14.8 Å². The summed E-state index contributed by atoms with van der Waals surface area (Å²) in [4.78, 5) is 32.8. The zero-order valence-corrected chi connectivity index (χ0v) is 17.6. The average molecular weight is 400 g/mol. The molecule has 6 heteroatoms. The highest BCUT2D eigenvalue weighted by Gasteiger charge is 2.23. The topological polar surface area (TPSA) is 56.4 Å². The van der Waals surface area contributed by atoms with E-state index in [1.807, 2.05) is 23.1 Å². The third-order valence-corrected chi connectivity index (χ3v) is 6.89. The number of amides is 1. The summed E-state index contributed by atoms with van der Waals surface area (Å²) < 4.78 is 0. The number of aromatic amines is 1. The quantitative estimate of drug-likeness (QED) is 0.858. The fraction of sp³-hybridized carbons (Fsp3) is 0.545. The summed E-state index contributed by atoms with van der Waals surface area (Å²) in [5, 5.41) is 1.04. The summed E-state index contributed by atoms with van der Waals surface area (Å²) in [6.45, 7) is 9.10. The minimum Gasteiger partial charge on any atom is -0.336 e. The SMILES string of the molecule is CC(C)CCN1CCN(C(=O)c2ccc3[nH]c(=O)c4c(c3c2)CCSC4)CC1. The fourth-order valence-electron chi connectivity index (χ4n) is 4.12. The number of pyridine rings is 1. The maximum Gasteiger partial charge on any atom is 0.253 e. The summed E-state index contributed by atoms with van der Waals surface area (Å²) in [6, 6.07) is 5.74. The normalized spacial score (nSPS) is 17.9. The predicted octanol–water partition coefficient (Wildman–Crippen LogP) is 3.12. The Morgan fingerprint density at radius 3 is 2.71 bits per heavy atom. The number of aryl methyl sites for hydroxylation is 1. The molecule has 0 bridgehead atoms. The highest BCUT2D eigenvalue weighted by molar-refractivity contribution is 7.98. The van der Waals surface area contributed by atoms with E-state index in [2.05, 4.69) is 23.7 Å². The minimum absolute atomic E-state index is 0.0197. The van der Waals surface area contributed by atoms with Crippen molar-refractivity contribution in [3.8, 4) is 0 Å². The monoisotopic (exact) mass is 399 g/mol. The number of nitrogens with zero attached hydrogens (tertiary/aromatic N) is 2. The second-order valence-electron chi connectivity index (χ2n) is 8.29. The van der Waals surface area contributed by atoms with Gasteiger partial charge in [0, 0.05) is 54.0 Å². The molecule has 0 aliphatic carbocycles. The molecule has 0 unspecified atom stereocenters. The van der Waals surface area contributed by atoms with Crippen molar-refractivity contribution < 1.29 is 4.79 Å². The standard InChI is InChI=1S/C22H29N3O2S/c1-15(2)5-7-24-8-10-25(11-9-24)22(27)16-3-4-20-18(13-16)17-6-12-28-14-19(17)21(26)23-20/h3-4,13,15H,5-12,14H2,1-2H3,(H,23,26). The third-order valence-electron chi connectivity index (χ3n) is 5.90. The summed E-state index contributed by atoms with van der Waals surface area (Å²) in [7, 11) is 0. The number of fused-ring (bicyclic) bond motifs is 3. The fourth-order valence-corrected chi connectivity index (χ4v) is 5.12. The van der Waals surface area contributed by atoms with Crippen LogP contribution in [0.15, 0.2) is 23.0 Å². The van der Waals surface area contributed by atoms with Crippen LogP contribution in [0.25, 0.3) is 10.9 Å². The van der Waals surface area contributed by atoms with Gasteiger partial charge in [-0.15, -0.1) is 0 Å². The molecule has 1 fully saturated rings. The van der Waals surface area contributed by atoms with Gasteiger partial charge in [-0.3, -0.25) is 14.5 Å². The van der Waals surface area contributed by atoms with E-state index in [1.165, 1.54) is 6.42 Å². The van der Waals surface area contributed by atoms with Gasteiger partial charge in [0.2, 0.25) is 0 Å². The Bertz CT molecular complexity index is 929. The molecule has 150 valence electrons. The molecule has 0 atom stereocenters. The van der Waals surface area contributed by atoms with E-state index in [-0.39, 0.29) is 11.5 Å². The Hall–Kier alpha value is -1.79. The summed E-state index contributed by atoms with van der Waals surface area (Å²) in [6.07, 6.45) is 2.10. The number of aromatic nitrogens is 1. The first-order chi connectivity index (χ1) is 13.5. The molecule has 1 aromatic carbocycles. The summed E-state index contributed by atoms with van der Waals surface area (Å²) >= 11 is 1.80. The Labute approximate surface area is 170 Å². The lowest BCUT2D eigenvalue weighted by Crippen LogP contribution is -2.49. The zero-order chi connectivity index (χ0) is 19.7. The van der Waals surface area contributed by atoms with Crippen molar-refractivity contribution in [3.05, 3.63) is 45.2 Å². The lowest BCUT2D eigenvalue weighted by atomic mass is 9.99. The minimum atomic E-state index is 0.0197. The number of hydrogen-bond acceptors (Lipinski definition) is 4. The summed E-state index contributed by atoms with van der Waals surface area (Å²) in [5.41, 5.74) is 3.60. The van der Waals surface area contributed by atoms with Crippen LogP contribution in [-0.2, 0) is 12.2 Å². The van der Waals surface area contributed by atoms with Gasteiger partial charge in [0.15, 0.2) is 0 Å². The van der Waals surface area contributed by atoms with Gasteiger partial charge in [0.1, 0.15) is 0 Å². The number of thioether (sulfide) groups is 1. The molecule has 2 aliphatic heterocycles. The van der Waals surface area contributed by atoms with Gasteiger partial charge in [0.05, 0.1) is 0 Å². The number of carbonyl (C=O) groups excluding carboxylic acids is 1. The van der Waals surface area contributed by atoms with E-state index in [1.54, 1.807) is 11.8 Å². The van der Waals surface area contributed by atoms with Gasteiger partial charge in [0.25, 0.3) is 11.5 Å². The molecule has 28 heavy (non-hydrogen) atoms. The van der Waals surface area contributed by atoms with E-state index >= 15 is 0 Å². The van der Waals surface area contributed by atoms with Crippen molar-refractivity contribution >= 4 is 28.6 Å². The molecule has 0 saturated carbocycles. The molecule has 2 aromatic rings. The van der Waals surface area contributed by atoms with Crippen molar-refractivity contribution in [3.63, 3.8) is 0 Å². The molecule has 3 heterocycles. The summed E-state index contributed by atoms with van der Waals surface area (Å²) in [5.74, 6) is 2.61. The largest absolute Gasteiger partial charge is 0.336 e. The van der Waals surface area contributed by atoms with Crippen molar-refractivity contribution in [2.24, 2.45) is 5.92 Å². The van der Waals surface area contributed by atoms with Gasteiger partial charge < -0.3 is 9.88 Å². The van der Waals surface area contributed by atoms with Crippen LogP contribution in [0.2, 0.25) is 0 Å². The molecular weight excluding hydrogens is 370 g/mol. The van der Waals surface area contributed by atoms with Crippen LogP contribution in [0, 0.1) is 5.92 Å². The van der Waals surface area contributed by atoms with Crippen molar-refractivity contribution in [1.29, 1.82) is 0 Å². The number of hydrogen-bond donors (Lipinski definition) is 1. The number of H-pyrrole nitrogens is 1. The Morgan fingerprint density at radius 1 is 1.18 bits per heavy atom. The maximum absolute atomic E-state index is 13.1. The van der Waals surface area contributed by atoms with Crippen LogP contribution in [0.4, 0.5) is 0 Å². The van der Waals surface area contributed by atoms with Crippen LogP contribution in [0.5, 0.6) is 0 Å². The number of nitrogens with one attached hydrogen (secondary N) is 1. The molecule has 2 aliphatic rings. The Balaban J connectivity index is 1.52. The highest BCUT2D eigenvalue weighted by atomic mass is 32.2. The number of benzene rings is 1. The van der Waals surface area contributed by atoms with Crippen LogP contribution in [0.3, 0.4) is 0 Å². The van der Waals surface area contributed by atoms with E-state index in [4.69, 9.17) is 0 Å². The third kappa shape index (κ3) is 3.98. The first-order valence-electron chi connectivity index (χ1n) is 10.3. The van der Waals surface area contributed by atoms with Crippen molar-refractivity contribution in [2.45, 2.75) is 32.4 Å². The van der Waals surface area contributed by atoms with E-state index < -0.39 is 0 Å². The van der Waals surface area contributed by atoms with Gasteiger partial charge in [-0.1, -0.05) is 13.8 Å². The Kier molecular flexibility index (Phi) is 5.78. The van der Waals surface area contributed by atoms with Crippen LogP contribution < -0.4 is 5.56 Å². The molecule has 0 spiro atoms. The van der Waals surface area contributed by atoms with Crippen LogP contribution in [0.1, 0.15) is 41.8 Å². The van der Waals surface area contributed by atoms with Gasteiger partial charge in [-0.05, 0) is 54.8 Å². The van der Waals surface area contributed by atoms with Crippen LogP contribution in [-0.4, -0.2) is 59.2 Å². The maximum atomic E-state index is 13.1. The zero-order valence-electron chi connectivity index (χ0n) is 16.8. The second kappa shape index (κ2) is 8.29. The van der Waals surface area contributed by atoms with E-state index in [0.717, 1.165) is 78.2 Å². The van der Waals surface area contributed by atoms with Crippen molar-refractivity contribution in [2.75, 3.05) is 38.5 Å². The first kappa shape index (κ1) is 19.5. The van der Waals surface area contributed by atoms with Gasteiger partial charge in [-0.25, -0.2) is 0 Å². The molecule has 1 amide bonds. The molecule has 5 nitrogen and oxygen atoms in total. The lowest BCUT2D eigenvalue weighted by molar-refractivity contribution is 0.0632. The Morgan fingerprint density at radius 2 is 1.96 bits per heavy atom. The second-order valence-corrected chi connectivity index (χ2v) is 9.40. The molecule has 0 radical (unpaired) electrons. The smallest absolute Gasteiger partial charge is 0.253 e. The molecular formula is C22H29N3O2S. The van der Waals surface area contributed by atoms with E-state index in [0.29, 0.717) is 5.92 Å². The number of rotatable bonds is 4. The van der Waals surface area contributed by atoms with Gasteiger partial charge in [-0.2, -0.15) is 11.8 Å². The predicted molar refractivity (Wildman–Crippen MR) is 116 cm³/mol. The number of carbonyl (C=O) groups is 1. The highest BCUT2D eigenvalue weighted by Crippen LogP contribution is 2.28. The van der Waals surface area contributed by atoms with Crippen LogP contribution >= 0.6 is 11.8 Å². The average Bonchev–Trinajstić information content (AvgIpc) is 2.72. The van der Waals surface area contributed by atoms with Gasteiger partial charge >= 0.3 is 0 Å².